The molecule has 0 unspecified atom stereocenters. The zero-order valence-corrected chi connectivity index (χ0v) is 11.7. The van der Waals surface area contributed by atoms with Crippen LogP contribution in [0.4, 0.5) is 5.13 Å². The fourth-order valence-corrected chi connectivity index (χ4v) is 3.33. The van der Waals surface area contributed by atoms with Crippen molar-refractivity contribution in [3.05, 3.63) is 27.7 Å². The van der Waals surface area contributed by atoms with Crippen LogP contribution in [0.2, 0.25) is 0 Å². The van der Waals surface area contributed by atoms with Crippen molar-refractivity contribution in [1.82, 2.24) is 14.8 Å². The summed E-state index contributed by atoms with van der Waals surface area (Å²) in [5.74, 6) is 0. The maximum Gasteiger partial charge on any atom is 0.261 e. The third-order valence-electron chi connectivity index (χ3n) is 3.59. The van der Waals surface area contributed by atoms with Gasteiger partial charge < -0.3 is 10.3 Å². The molecule has 2 N–H and O–H groups in total. The monoisotopic (exact) mass is 276 g/mol. The van der Waals surface area contributed by atoms with E-state index in [2.05, 4.69) is 10.2 Å². The van der Waals surface area contributed by atoms with Gasteiger partial charge in [-0.05, 0) is 44.2 Å². The Balaban J connectivity index is 2.23. The Morgan fingerprint density at radius 2 is 2.16 bits per heavy atom. The topological polar surface area (TPSA) is 73.8 Å². The van der Waals surface area contributed by atoms with Crippen molar-refractivity contribution in [1.29, 1.82) is 0 Å². The molecule has 1 aliphatic carbocycles. The fraction of sp³-hybridized carbons (Fsp3) is 0.462. The number of aromatic nitrogens is 3. The number of anilines is 1. The summed E-state index contributed by atoms with van der Waals surface area (Å²) in [4.78, 5) is 12.5. The third-order valence-corrected chi connectivity index (χ3v) is 4.37. The summed E-state index contributed by atoms with van der Waals surface area (Å²) in [7, 11) is 0. The molecule has 5 nitrogen and oxygen atoms in total. The molecule has 0 atom stereocenters. The third kappa shape index (κ3) is 2.06. The van der Waals surface area contributed by atoms with Crippen LogP contribution in [0, 0.1) is 0 Å². The lowest BCUT2D eigenvalue weighted by molar-refractivity contribution is 0.592. The molecule has 19 heavy (non-hydrogen) atoms. The van der Waals surface area contributed by atoms with Crippen molar-refractivity contribution < 1.29 is 0 Å². The molecule has 0 aliphatic heterocycles. The lowest BCUT2D eigenvalue weighted by atomic mass is 9.94. The number of aryl methyl sites for hydroxylation is 1. The Morgan fingerprint density at radius 3 is 2.84 bits per heavy atom. The van der Waals surface area contributed by atoms with E-state index in [1.165, 1.54) is 29.0 Å². The summed E-state index contributed by atoms with van der Waals surface area (Å²) in [6, 6.07) is 1.99. The van der Waals surface area contributed by atoms with Gasteiger partial charge in [0, 0.05) is 12.2 Å². The van der Waals surface area contributed by atoms with Crippen molar-refractivity contribution in [2.75, 3.05) is 5.73 Å². The zero-order valence-electron chi connectivity index (χ0n) is 10.8. The fourth-order valence-electron chi connectivity index (χ4n) is 2.71. The predicted octanol–water partition coefficient (Wildman–Crippen LogP) is 1.85. The highest BCUT2D eigenvalue weighted by atomic mass is 32.1. The van der Waals surface area contributed by atoms with Gasteiger partial charge >= 0.3 is 0 Å². The van der Waals surface area contributed by atoms with Crippen LogP contribution < -0.4 is 11.3 Å². The first-order valence-electron chi connectivity index (χ1n) is 6.55. The highest BCUT2D eigenvalue weighted by Gasteiger charge is 2.19. The average molecular weight is 276 g/mol. The maximum absolute atomic E-state index is 12.5. The van der Waals surface area contributed by atoms with Crippen molar-refractivity contribution >= 4 is 16.5 Å². The molecule has 0 saturated carbocycles. The van der Waals surface area contributed by atoms with Gasteiger partial charge in [0.1, 0.15) is 0 Å². The molecule has 3 rings (SSSR count). The van der Waals surface area contributed by atoms with Crippen LogP contribution in [0.15, 0.2) is 10.9 Å². The first kappa shape index (κ1) is 12.3. The normalized spacial score (nSPS) is 14.4. The summed E-state index contributed by atoms with van der Waals surface area (Å²) in [6.07, 6.45) is 4.39. The van der Waals surface area contributed by atoms with E-state index in [1.807, 2.05) is 17.6 Å². The molecule has 0 fully saturated rings. The Labute approximate surface area is 115 Å². The van der Waals surface area contributed by atoms with E-state index in [4.69, 9.17) is 5.73 Å². The van der Waals surface area contributed by atoms with Gasteiger partial charge in [0.15, 0.2) is 5.01 Å². The minimum Gasteiger partial charge on any atom is -0.374 e. The van der Waals surface area contributed by atoms with Crippen LogP contribution in [-0.4, -0.2) is 14.8 Å². The SMILES string of the molecule is CCn1c2c(cc(-c3nnc(N)s3)c1=O)CCCC2. The maximum atomic E-state index is 12.5. The van der Waals surface area contributed by atoms with Gasteiger partial charge in [-0.2, -0.15) is 0 Å². The van der Waals surface area contributed by atoms with Crippen molar-refractivity contribution in [2.24, 2.45) is 0 Å². The number of nitrogens with two attached hydrogens (primary N) is 1. The number of nitrogens with zero attached hydrogens (tertiary/aromatic N) is 3. The molecule has 0 amide bonds. The molecule has 2 aromatic rings. The van der Waals surface area contributed by atoms with Crippen molar-refractivity contribution in [2.45, 2.75) is 39.2 Å². The Kier molecular flexibility index (Phi) is 3.10. The minimum absolute atomic E-state index is 0.0271. The molecule has 6 heteroatoms. The summed E-state index contributed by atoms with van der Waals surface area (Å²) in [5, 5.41) is 8.82. The standard InChI is InChI=1S/C13H16N4OS/c1-2-17-10-6-4-3-5-8(10)7-9(12(17)18)11-15-16-13(14)19-11/h7H,2-6H2,1H3,(H2,14,16). The van der Waals surface area contributed by atoms with Gasteiger partial charge in [0.05, 0.1) is 5.56 Å². The number of fused-ring (bicyclic) bond motifs is 1. The quantitative estimate of drug-likeness (QED) is 0.908. The van der Waals surface area contributed by atoms with Crippen LogP contribution in [-0.2, 0) is 19.4 Å². The lowest BCUT2D eigenvalue weighted by Gasteiger charge is -2.21. The van der Waals surface area contributed by atoms with E-state index in [9.17, 15) is 4.79 Å². The molecule has 0 radical (unpaired) electrons. The van der Waals surface area contributed by atoms with Crippen LogP contribution >= 0.6 is 11.3 Å². The molecule has 2 aromatic heterocycles. The highest BCUT2D eigenvalue weighted by Crippen LogP contribution is 2.27. The molecule has 100 valence electrons. The molecular formula is C13H16N4OS. The summed E-state index contributed by atoms with van der Waals surface area (Å²) in [5.41, 5.74) is 8.74. The smallest absolute Gasteiger partial charge is 0.261 e. The van der Waals surface area contributed by atoms with E-state index in [0.29, 0.717) is 22.2 Å². The molecule has 2 heterocycles. The van der Waals surface area contributed by atoms with Crippen LogP contribution in [0.25, 0.3) is 10.6 Å². The first-order chi connectivity index (χ1) is 9.20. The van der Waals surface area contributed by atoms with E-state index in [0.717, 1.165) is 19.3 Å². The summed E-state index contributed by atoms with van der Waals surface area (Å²) < 4.78 is 1.88. The van der Waals surface area contributed by atoms with Gasteiger partial charge in [-0.25, -0.2) is 0 Å². The van der Waals surface area contributed by atoms with E-state index >= 15 is 0 Å². The Bertz CT molecular complexity index is 674. The highest BCUT2D eigenvalue weighted by molar-refractivity contribution is 7.18. The van der Waals surface area contributed by atoms with Gasteiger partial charge in [-0.15, -0.1) is 10.2 Å². The zero-order chi connectivity index (χ0) is 13.4. The van der Waals surface area contributed by atoms with Crippen LogP contribution in [0.5, 0.6) is 0 Å². The molecule has 0 spiro atoms. The lowest BCUT2D eigenvalue weighted by Crippen LogP contribution is -2.27. The molecule has 0 saturated heterocycles. The molecule has 1 aliphatic rings. The van der Waals surface area contributed by atoms with E-state index in [1.54, 1.807) is 0 Å². The largest absolute Gasteiger partial charge is 0.374 e. The number of rotatable bonds is 2. The van der Waals surface area contributed by atoms with E-state index in [-0.39, 0.29) is 5.56 Å². The number of pyridine rings is 1. The first-order valence-corrected chi connectivity index (χ1v) is 7.37. The Morgan fingerprint density at radius 1 is 1.37 bits per heavy atom. The van der Waals surface area contributed by atoms with Crippen molar-refractivity contribution in [3.63, 3.8) is 0 Å². The number of hydrogen-bond donors (Lipinski definition) is 1. The van der Waals surface area contributed by atoms with Gasteiger partial charge in [-0.1, -0.05) is 11.3 Å². The van der Waals surface area contributed by atoms with Crippen LogP contribution in [0.1, 0.15) is 31.0 Å². The second-order valence-corrected chi connectivity index (χ2v) is 5.74. The summed E-state index contributed by atoms with van der Waals surface area (Å²) >= 11 is 1.27. The number of hydrogen-bond acceptors (Lipinski definition) is 5. The number of nitrogen functional groups attached to an aromatic ring is 1. The molecular weight excluding hydrogens is 260 g/mol. The van der Waals surface area contributed by atoms with Gasteiger partial charge in [0.25, 0.3) is 5.56 Å². The summed E-state index contributed by atoms with van der Waals surface area (Å²) in [6.45, 7) is 2.71. The predicted molar refractivity (Wildman–Crippen MR) is 76.3 cm³/mol. The molecule has 0 aromatic carbocycles. The average Bonchev–Trinajstić information content (AvgIpc) is 2.84. The molecule has 0 bridgehead atoms. The van der Waals surface area contributed by atoms with Gasteiger partial charge in [-0.3, -0.25) is 4.79 Å². The van der Waals surface area contributed by atoms with Gasteiger partial charge in [0.2, 0.25) is 5.13 Å². The second-order valence-electron chi connectivity index (χ2n) is 4.73. The Hall–Kier alpha value is -1.69. The minimum atomic E-state index is 0.0271. The van der Waals surface area contributed by atoms with Crippen molar-refractivity contribution in [3.8, 4) is 10.6 Å². The van der Waals surface area contributed by atoms with E-state index < -0.39 is 0 Å². The van der Waals surface area contributed by atoms with Crippen LogP contribution in [0.3, 0.4) is 0 Å². The second kappa shape index (κ2) is 4.77.